The summed E-state index contributed by atoms with van der Waals surface area (Å²) < 4.78 is 1.89. The van der Waals surface area contributed by atoms with Gasteiger partial charge in [-0.1, -0.05) is 0 Å². The molecule has 0 fully saturated rings. The van der Waals surface area contributed by atoms with Gasteiger partial charge in [-0.05, 0) is 36.4 Å². The molecule has 104 valence electrons. The Labute approximate surface area is 126 Å². The van der Waals surface area contributed by atoms with Crippen LogP contribution in [0.25, 0.3) is 11.4 Å². The molecule has 0 radical (unpaired) electrons. The van der Waals surface area contributed by atoms with Crippen LogP contribution in [0.2, 0.25) is 0 Å². The van der Waals surface area contributed by atoms with Gasteiger partial charge in [0.15, 0.2) is 5.82 Å². The summed E-state index contributed by atoms with van der Waals surface area (Å²) >= 11 is 1.51. The fourth-order valence-electron chi connectivity index (χ4n) is 2.00. The standard InChI is InChI=1S/C15H13N5S/c1-20-10-18-19-15(20)11-2-4-12(5-3-11)17-9-14-7-6-13(8-16)21-14/h2-7,10,17H,9H2,1H3. The number of nitrogens with zero attached hydrogens (tertiary/aromatic N) is 4. The van der Waals surface area contributed by atoms with Gasteiger partial charge >= 0.3 is 0 Å². The molecule has 5 nitrogen and oxygen atoms in total. The predicted molar refractivity (Wildman–Crippen MR) is 82.8 cm³/mol. The monoisotopic (exact) mass is 295 g/mol. The highest BCUT2D eigenvalue weighted by Gasteiger charge is 2.04. The first kappa shape index (κ1) is 13.3. The average molecular weight is 295 g/mol. The smallest absolute Gasteiger partial charge is 0.163 e. The van der Waals surface area contributed by atoms with Gasteiger partial charge in [0.2, 0.25) is 0 Å². The zero-order chi connectivity index (χ0) is 14.7. The molecule has 3 rings (SSSR count). The van der Waals surface area contributed by atoms with Crippen LogP contribution in [0.1, 0.15) is 9.75 Å². The van der Waals surface area contributed by atoms with Crippen molar-refractivity contribution in [2.45, 2.75) is 6.54 Å². The predicted octanol–water partition coefficient (Wildman–Crippen LogP) is 3.03. The van der Waals surface area contributed by atoms with Crippen molar-refractivity contribution in [1.29, 1.82) is 5.26 Å². The molecular weight excluding hydrogens is 282 g/mol. The number of hydrogen-bond donors (Lipinski definition) is 1. The van der Waals surface area contributed by atoms with Crippen LogP contribution in [0.15, 0.2) is 42.7 Å². The van der Waals surface area contributed by atoms with E-state index in [0.29, 0.717) is 0 Å². The number of aryl methyl sites for hydroxylation is 1. The molecule has 0 aliphatic rings. The van der Waals surface area contributed by atoms with Gasteiger partial charge in [-0.15, -0.1) is 21.5 Å². The maximum absolute atomic E-state index is 8.81. The van der Waals surface area contributed by atoms with Crippen LogP contribution in [0.3, 0.4) is 0 Å². The summed E-state index contributed by atoms with van der Waals surface area (Å²) in [6.45, 7) is 0.718. The van der Waals surface area contributed by atoms with Gasteiger partial charge in [0.05, 0.1) is 0 Å². The van der Waals surface area contributed by atoms with E-state index in [2.05, 4.69) is 21.6 Å². The number of benzene rings is 1. The Morgan fingerprint density at radius 1 is 1.24 bits per heavy atom. The van der Waals surface area contributed by atoms with E-state index in [1.807, 2.05) is 48.0 Å². The molecule has 6 heteroatoms. The first-order valence-corrected chi connectivity index (χ1v) is 7.25. The molecule has 1 aromatic carbocycles. The summed E-state index contributed by atoms with van der Waals surface area (Å²) in [5.74, 6) is 0.846. The lowest BCUT2D eigenvalue weighted by molar-refractivity contribution is 0.920. The molecule has 1 N–H and O–H groups in total. The van der Waals surface area contributed by atoms with Gasteiger partial charge < -0.3 is 9.88 Å². The second-order valence-electron chi connectivity index (χ2n) is 4.57. The first-order valence-electron chi connectivity index (χ1n) is 6.43. The molecule has 0 saturated heterocycles. The van der Waals surface area contributed by atoms with E-state index in [1.54, 1.807) is 6.33 Å². The van der Waals surface area contributed by atoms with Gasteiger partial charge in [0.1, 0.15) is 17.3 Å². The van der Waals surface area contributed by atoms with Crippen LogP contribution >= 0.6 is 11.3 Å². The normalized spacial score (nSPS) is 10.3. The van der Waals surface area contributed by atoms with Crippen LogP contribution < -0.4 is 5.32 Å². The van der Waals surface area contributed by atoms with Gasteiger partial charge in [-0.25, -0.2) is 0 Å². The highest BCUT2D eigenvalue weighted by molar-refractivity contribution is 7.12. The number of rotatable bonds is 4. The lowest BCUT2D eigenvalue weighted by atomic mass is 10.2. The van der Waals surface area contributed by atoms with Crippen molar-refractivity contribution in [3.8, 4) is 17.5 Å². The van der Waals surface area contributed by atoms with Gasteiger partial charge in [-0.2, -0.15) is 5.26 Å². The van der Waals surface area contributed by atoms with E-state index in [-0.39, 0.29) is 0 Å². The molecule has 0 bridgehead atoms. The molecule has 0 amide bonds. The number of thiophene rings is 1. The Bertz CT molecular complexity index is 779. The van der Waals surface area contributed by atoms with Crippen molar-refractivity contribution in [3.63, 3.8) is 0 Å². The fourth-order valence-corrected chi connectivity index (χ4v) is 2.75. The van der Waals surface area contributed by atoms with Crippen molar-refractivity contribution < 1.29 is 0 Å². The third-order valence-electron chi connectivity index (χ3n) is 3.09. The molecule has 0 unspecified atom stereocenters. The average Bonchev–Trinajstić information content (AvgIpc) is 3.14. The number of hydrogen-bond acceptors (Lipinski definition) is 5. The van der Waals surface area contributed by atoms with Crippen LogP contribution in [0.5, 0.6) is 0 Å². The number of nitriles is 1. The van der Waals surface area contributed by atoms with Crippen molar-refractivity contribution in [2.24, 2.45) is 7.05 Å². The quantitative estimate of drug-likeness (QED) is 0.803. The minimum Gasteiger partial charge on any atom is -0.380 e. The summed E-state index contributed by atoms with van der Waals surface area (Å²) in [4.78, 5) is 1.88. The zero-order valence-electron chi connectivity index (χ0n) is 11.4. The maximum Gasteiger partial charge on any atom is 0.163 e. The largest absolute Gasteiger partial charge is 0.380 e. The summed E-state index contributed by atoms with van der Waals surface area (Å²) in [6, 6.07) is 14.0. The number of nitrogens with one attached hydrogen (secondary N) is 1. The Kier molecular flexibility index (Phi) is 3.67. The van der Waals surface area contributed by atoms with E-state index in [0.717, 1.165) is 33.4 Å². The van der Waals surface area contributed by atoms with Crippen LogP contribution in [-0.2, 0) is 13.6 Å². The van der Waals surface area contributed by atoms with Crippen LogP contribution in [0.4, 0.5) is 5.69 Å². The summed E-state index contributed by atoms with van der Waals surface area (Å²) in [5.41, 5.74) is 2.07. The van der Waals surface area contributed by atoms with Crippen molar-refractivity contribution in [1.82, 2.24) is 14.8 Å². The Hall–Kier alpha value is -2.65. The minimum atomic E-state index is 0.718. The van der Waals surface area contributed by atoms with Crippen LogP contribution in [0, 0.1) is 11.3 Å². The molecule has 21 heavy (non-hydrogen) atoms. The minimum absolute atomic E-state index is 0.718. The zero-order valence-corrected chi connectivity index (χ0v) is 12.3. The highest BCUT2D eigenvalue weighted by atomic mass is 32.1. The Morgan fingerprint density at radius 2 is 2.05 bits per heavy atom. The van der Waals surface area contributed by atoms with E-state index in [9.17, 15) is 0 Å². The van der Waals surface area contributed by atoms with Gasteiger partial charge in [-0.3, -0.25) is 0 Å². The third-order valence-corrected chi connectivity index (χ3v) is 4.08. The molecule has 0 aliphatic heterocycles. The highest BCUT2D eigenvalue weighted by Crippen LogP contribution is 2.20. The molecule has 0 aliphatic carbocycles. The Morgan fingerprint density at radius 3 is 2.67 bits per heavy atom. The van der Waals surface area contributed by atoms with E-state index >= 15 is 0 Å². The lowest BCUT2D eigenvalue weighted by Gasteiger charge is -2.06. The van der Waals surface area contributed by atoms with Crippen LogP contribution in [-0.4, -0.2) is 14.8 Å². The maximum atomic E-state index is 8.81. The topological polar surface area (TPSA) is 66.5 Å². The SMILES string of the molecule is Cn1cnnc1-c1ccc(NCc2ccc(C#N)s2)cc1. The summed E-state index contributed by atoms with van der Waals surface area (Å²) in [5, 5.41) is 20.1. The molecule has 3 aromatic rings. The molecule has 0 atom stereocenters. The molecular formula is C15H13N5S. The number of anilines is 1. The lowest BCUT2D eigenvalue weighted by Crippen LogP contribution is -1.97. The number of aromatic nitrogens is 3. The molecule has 2 aromatic heterocycles. The van der Waals surface area contributed by atoms with E-state index < -0.39 is 0 Å². The van der Waals surface area contributed by atoms with Gasteiger partial charge in [0, 0.05) is 29.7 Å². The summed E-state index contributed by atoms with van der Waals surface area (Å²) in [7, 11) is 1.92. The second kappa shape index (κ2) is 5.77. The Balaban J connectivity index is 1.67. The molecule has 0 spiro atoms. The van der Waals surface area contributed by atoms with Crippen molar-refractivity contribution >= 4 is 17.0 Å². The van der Waals surface area contributed by atoms with Crippen molar-refractivity contribution in [3.05, 3.63) is 52.5 Å². The van der Waals surface area contributed by atoms with Crippen molar-refractivity contribution in [2.75, 3.05) is 5.32 Å². The third kappa shape index (κ3) is 2.93. The second-order valence-corrected chi connectivity index (χ2v) is 5.74. The van der Waals surface area contributed by atoms with E-state index in [1.165, 1.54) is 11.3 Å². The first-order chi connectivity index (χ1) is 10.3. The summed E-state index contributed by atoms with van der Waals surface area (Å²) in [6.07, 6.45) is 1.69. The fraction of sp³-hybridized carbons (Fsp3) is 0.133. The van der Waals surface area contributed by atoms with E-state index in [4.69, 9.17) is 5.26 Å². The molecule has 0 saturated carbocycles. The molecule has 2 heterocycles. The van der Waals surface area contributed by atoms with Gasteiger partial charge in [0.25, 0.3) is 0 Å².